The van der Waals surface area contributed by atoms with Crippen molar-refractivity contribution in [1.82, 2.24) is 0 Å². The first-order valence-corrected chi connectivity index (χ1v) is 7.08. The summed E-state index contributed by atoms with van der Waals surface area (Å²) in [6, 6.07) is 15.6. The fraction of sp³-hybridized carbons (Fsp3) is 0.278. The molecule has 1 heterocycles. The third-order valence-electron chi connectivity index (χ3n) is 3.87. The largest absolute Gasteiger partial charge is 0.493 e. The Bertz CT molecular complexity index is 617. The van der Waals surface area contributed by atoms with Gasteiger partial charge >= 0.3 is 0 Å². The summed E-state index contributed by atoms with van der Waals surface area (Å²) < 4.78 is 5.65. The topological polar surface area (TPSA) is 26.3 Å². The monoisotopic (exact) mass is 266 g/mol. The Hall–Kier alpha value is -2.09. The summed E-state index contributed by atoms with van der Waals surface area (Å²) in [5.74, 6) is 1.64. The van der Waals surface area contributed by atoms with Crippen molar-refractivity contribution in [2.24, 2.45) is 0 Å². The molecule has 1 atom stereocenters. The second-order valence-corrected chi connectivity index (χ2v) is 5.38. The van der Waals surface area contributed by atoms with Crippen molar-refractivity contribution in [3.05, 3.63) is 65.2 Å². The number of rotatable bonds is 3. The Morgan fingerprint density at radius 3 is 2.80 bits per heavy atom. The first-order valence-electron chi connectivity index (χ1n) is 7.08. The minimum absolute atomic E-state index is 0.162. The summed E-state index contributed by atoms with van der Waals surface area (Å²) in [7, 11) is 0. The van der Waals surface area contributed by atoms with Gasteiger partial charge in [-0.1, -0.05) is 49.4 Å². The lowest BCUT2D eigenvalue weighted by molar-refractivity contribution is 0.0993. The van der Waals surface area contributed by atoms with E-state index in [9.17, 15) is 4.79 Å². The molecule has 0 saturated heterocycles. The molecule has 20 heavy (non-hydrogen) atoms. The number of carbonyl (C=O) groups excluding carboxylic acids is 1. The van der Waals surface area contributed by atoms with Gasteiger partial charge in [-0.25, -0.2) is 0 Å². The first kappa shape index (κ1) is 12.9. The highest BCUT2D eigenvalue weighted by atomic mass is 16.5. The van der Waals surface area contributed by atoms with Crippen molar-refractivity contribution >= 4 is 5.78 Å². The summed E-state index contributed by atoms with van der Waals surface area (Å²) in [6.07, 6.45) is 1.49. The fourth-order valence-electron chi connectivity index (χ4n) is 2.64. The average Bonchev–Trinajstić information content (AvgIpc) is 2.49. The molecular weight excluding hydrogens is 248 g/mol. The van der Waals surface area contributed by atoms with E-state index in [0.29, 0.717) is 12.3 Å². The van der Waals surface area contributed by atoms with Crippen LogP contribution in [-0.2, 0) is 6.42 Å². The molecule has 102 valence electrons. The van der Waals surface area contributed by atoms with Gasteiger partial charge in [-0.05, 0) is 29.5 Å². The van der Waals surface area contributed by atoms with E-state index >= 15 is 0 Å². The molecule has 0 spiro atoms. The maximum Gasteiger partial charge on any atom is 0.167 e. The van der Waals surface area contributed by atoms with Crippen LogP contribution in [0.25, 0.3) is 0 Å². The summed E-state index contributed by atoms with van der Waals surface area (Å²) in [5, 5.41) is 0. The van der Waals surface area contributed by atoms with E-state index in [1.54, 1.807) is 0 Å². The standard InChI is InChI=1S/C18H18O2/c1-13-9-10-20-18-8-7-14(11-16(13)18)12-17(19)15-5-3-2-4-6-15/h2-8,11,13H,9-10,12H2,1H3. The van der Waals surface area contributed by atoms with Crippen LogP contribution >= 0.6 is 0 Å². The zero-order valence-electron chi connectivity index (χ0n) is 11.6. The van der Waals surface area contributed by atoms with E-state index in [1.807, 2.05) is 42.5 Å². The molecule has 0 bridgehead atoms. The number of fused-ring (bicyclic) bond motifs is 1. The lowest BCUT2D eigenvalue weighted by Gasteiger charge is -2.23. The van der Waals surface area contributed by atoms with E-state index in [-0.39, 0.29) is 5.78 Å². The second-order valence-electron chi connectivity index (χ2n) is 5.38. The molecular formula is C18H18O2. The smallest absolute Gasteiger partial charge is 0.167 e. The summed E-state index contributed by atoms with van der Waals surface area (Å²) in [5.41, 5.74) is 3.07. The van der Waals surface area contributed by atoms with E-state index in [1.165, 1.54) is 5.56 Å². The molecule has 2 nitrogen and oxygen atoms in total. The van der Waals surface area contributed by atoms with Crippen LogP contribution in [0.4, 0.5) is 0 Å². The molecule has 0 fully saturated rings. The van der Waals surface area contributed by atoms with Crippen LogP contribution in [0.2, 0.25) is 0 Å². The molecule has 0 N–H and O–H groups in total. The van der Waals surface area contributed by atoms with Gasteiger partial charge in [0, 0.05) is 12.0 Å². The van der Waals surface area contributed by atoms with Crippen LogP contribution in [0.5, 0.6) is 5.75 Å². The maximum absolute atomic E-state index is 12.2. The zero-order valence-corrected chi connectivity index (χ0v) is 11.6. The molecule has 0 amide bonds. The summed E-state index contributed by atoms with van der Waals surface area (Å²) in [4.78, 5) is 12.2. The second kappa shape index (κ2) is 5.49. The Balaban J connectivity index is 1.82. The van der Waals surface area contributed by atoms with Crippen LogP contribution in [0.15, 0.2) is 48.5 Å². The molecule has 0 aliphatic carbocycles. The molecule has 0 saturated carbocycles. The number of ketones is 1. The SMILES string of the molecule is CC1CCOc2ccc(CC(=O)c3ccccc3)cc21. The first-order chi connectivity index (χ1) is 9.74. The summed E-state index contributed by atoms with van der Waals surface area (Å²) >= 11 is 0. The number of benzene rings is 2. The molecule has 3 rings (SSSR count). The third-order valence-corrected chi connectivity index (χ3v) is 3.87. The molecule has 2 aromatic carbocycles. The van der Waals surface area contributed by atoms with Crippen LogP contribution < -0.4 is 4.74 Å². The van der Waals surface area contributed by atoms with Gasteiger partial charge in [-0.2, -0.15) is 0 Å². The van der Waals surface area contributed by atoms with Crippen LogP contribution in [0, 0.1) is 0 Å². The predicted octanol–water partition coefficient (Wildman–Crippen LogP) is 4.00. The van der Waals surface area contributed by atoms with E-state index in [2.05, 4.69) is 13.0 Å². The zero-order chi connectivity index (χ0) is 13.9. The highest BCUT2D eigenvalue weighted by Crippen LogP contribution is 2.34. The molecule has 1 aliphatic heterocycles. The fourth-order valence-corrected chi connectivity index (χ4v) is 2.64. The van der Waals surface area contributed by atoms with Crippen LogP contribution in [0.1, 0.15) is 40.7 Å². The number of ether oxygens (including phenoxy) is 1. The van der Waals surface area contributed by atoms with Gasteiger partial charge in [-0.15, -0.1) is 0 Å². The molecule has 2 heteroatoms. The van der Waals surface area contributed by atoms with Crippen molar-refractivity contribution in [3.8, 4) is 5.75 Å². The molecule has 0 aromatic heterocycles. The minimum atomic E-state index is 0.162. The Kier molecular flexibility index (Phi) is 3.55. The van der Waals surface area contributed by atoms with Crippen LogP contribution in [-0.4, -0.2) is 12.4 Å². The number of carbonyl (C=O) groups is 1. The normalized spacial score (nSPS) is 17.1. The number of Topliss-reactive ketones (excluding diaryl/α,β-unsaturated/α-hetero) is 1. The van der Waals surface area contributed by atoms with Crippen molar-refractivity contribution in [2.45, 2.75) is 25.7 Å². The lowest BCUT2D eigenvalue weighted by Crippen LogP contribution is -2.13. The van der Waals surface area contributed by atoms with Crippen molar-refractivity contribution in [1.29, 1.82) is 0 Å². The lowest BCUT2D eigenvalue weighted by atomic mass is 9.92. The average molecular weight is 266 g/mol. The van der Waals surface area contributed by atoms with E-state index in [0.717, 1.165) is 29.9 Å². The minimum Gasteiger partial charge on any atom is -0.493 e. The van der Waals surface area contributed by atoms with Gasteiger partial charge in [0.15, 0.2) is 5.78 Å². The van der Waals surface area contributed by atoms with Gasteiger partial charge in [-0.3, -0.25) is 4.79 Å². The summed E-state index contributed by atoms with van der Waals surface area (Å²) in [6.45, 7) is 3.00. The third kappa shape index (κ3) is 2.60. The van der Waals surface area contributed by atoms with Crippen molar-refractivity contribution in [2.75, 3.05) is 6.61 Å². The Morgan fingerprint density at radius 2 is 2.00 bits per heavy atom. The molecule has 1 aliphatic rings. The quantitative estimate of drug-likeness (QED) is 0.785. The molecule has 0 radical (unpaired) electrons. The number of hydrogen-bond donors (Lipinski definition) is 0. The predicted molar refractivity (Wildman–Crippen MR) is 79.4 cm³/mol. The van der Waals surface area contributed by atoms with E-state index < -0.39 is 0 Å². The highest BCUT2D eigenvalue weighted by Gasteiger charge is 2.18. The maximum atomic E-state index is 12.2. The number of hydrogen-bond acceptors (Lipinski definition) is 2. The molecule has 1 unspecified atom stereocenters. The Morgan fingerprint density at radius 1 is 1.20 bits per heavy atom. The van der Waals surface area contributed by atoms with Gasteiger partial charge in [0.2, 0.25) is 0 Å². The van der Waals surface area contributed by atoms with E-state index in [4.69, 9.17) is 4.74 Å². The molecule has 2 aromatic rings. The van der Waals surface area contributed by atoms with Crippen molar-refractivity contribution in [3.63, 3.8) is 0 Å². The van der Waals surface area contributed by atoms with Gasteiger partial charge < -0.3 is 4.74 Å². The Labute approximate surface area is 119 Å². The highest BCUT2D eigenvalue weighted by molar-refractivity contribution is 5.97. The van der Waals surface area contributed by atoms with Gasteiger partial charge in [0.25, 0.3) is 0 Å². The van der Waals surface area contributed by atoms with Gasteiger partial charge in [0.05, 0.1) is 6.61 Å². The van der Waals surface area contributed by atoms with Crippen LogP contribution in [0.3, 0.4) is 0 Å². The van der Waals surface area contributed by atoms with Gasteiger partial charge in [0.1, 0.15) is 5.75 Å². The van der Waals surface area contributed by atoms with Crippen molar-refractivity contribution < 1.29 is 9.53 Å².